The number of benzene rings is 7. The van der Waals surface area contributed by atoms with Gasteiger partial charge in [-0.15, -0.1) is 0 Å². The molecular formula is C57H50N4. The first-order chi connectivity index (χ1) is 29.2. The summed E-state index contributed by atoms with van der Waals surface area (Å²) in [5, 5.41) is 12.8. The molecule has 0 spiro atoms. The van der Waals surface area contributed by atoms with Crippen molar-refractivity contribution in [1.29, 1.82) is 0 Å². The van der Waals surface area contributed by atoms with Crippen LogP contribution in [0.15, 0.2) is 140 Å². The Kier molecular flexibility index (Phi) is 7.13. The molecular weight excluding hydrogens is 741 g/mol. The minimum Gasteiger partial charge on any atom is -0.308 e. The molecule has 12 rings (SSSR count). The topological polar surface area (TPSA) is 24.9 Å². The summed E-state index contributed by atoms with van der Waals surface area (Å²) in [6.07, 6.45) is 2.17. The lowest BCUT2D eigenvalue weighted by molar-refractivity contribution is 0.591. The summed E-state index contributed by atoms with van der Waals surface area (Å²) >= 11 is 0. The van der Waals surface area contributed by atoms with Crippen molar-refractivity contribution >= 4 is 104 Å². The lowest BCUT2D eigenvalue weighted by atomic mass is 9.84. The number of aromatic nitrogens is 3. The van der Waals surface area contributed by atoms with Crippen LogP contribution in [0.4, 0.5) is 17.1 Å². The normalized spacial score (nSPS) is 13.3. The first kappa shape index (κ1) is 36.2. The Morgan fingerprint density at radius 3 is 1.62 bits per heavy atom. The van der Waals surface area contributed by atoms with E-state index >= 15 is 0 Å². The molecule has 0 atom stereocenters. The second-order valence-corrected chi connectivity index (χ2v) is 20.6. The van der Waals surface area contributed by atoms with Crippen LogP contribution >= 0.6 is 0 Å². The SMILES string of the molecule is CC(C)(C)c1ccc2c(c1)c1cc3ccccc3c3c4c5c6cc(C(C)(C)C)cc7c8cc(C(C)(C)C)cc(N(c9ccccc9)c9ccccc9)c8n(c5ncc4n2c13)c76. The van der Waals surface area contributed by atoms with Gasteiger partial charge in [0.25, 0.3) is 0 Å². The summed E-state index contributed by atoms with van der Waals surface area (Å²) in [5.74, 6) is 0. The van der Waals surface area contributed by atoms with E-state index in [1.165, 1.54) is 92.6 Å². The summed E-state index contributed by atoms with van der Waals surface area (Å²) in [5.41, 5.74) is 14.3. The number of para-hydroxylation sites is 2. The van der Waals surface area contributed by atoms with E-state index in [0.29, 0.717) is 0 Å². The number of fused-ring (bicyclic) bond motifs is 15. The third kappa shape index (κ3) is 4.96. The van der Waals surface area contributed by atoms with E-state index in [2.05, 4.69) is 216 Å². The number of nitrogens with zero attached hydrogens (tertiary/aromatic N) is 4. The maximum Gasteiger partial charge on any atom is 0.146 e. The molecule has 0 amide bonds. The van der Waals surface area contributed by atoms with Crippen LogP contribution in [0.3, 0.4) is 0 Å². The molecule has 0 radical (unpaired) electrons. The number of hydrogen-bond acceptors (Lipinski definition) is 2. The van der Waals surface area contributed by atoms with Gasteiger partial charge in [0.1, 0.15) is 5.65 Å². The molecule has 0 saturated heterocycles. The van der Waals surface area contributed by atoms with Crippen LogP contribution < -0.4 is 4.90 Å². The Bertz CT molecular complexity index is 3690. The van der Waals surface area contributed by atoms with E-state index in [4.69, 9.17) is 4.98 Å². The first-order valence-corrected chi connectivity index (χ1v) is 21.8. The van der Waals surface area contributed by atoms with Crippen LogP contribution in [-0.2, 0) is 16.2 Å². The standard InChI is InChI=1S/C57H50N4/c1-55(2,3)34-24-25-45-40(27-34)41-26-33-18-16-17-23-39(33)48-50-47(60(45)53(41)48)32-58-54-49(50)44-30-35(56(4,5)6)28-42-43-29-36(57(7,8)9)31-46(52(43)61(54)51(42)44)59(37-19-12-10-13-20-37)38-21-14-11-15-22-38/h10-32H,1-9H3. The van der Waals surface area contributed by atoms with Crippen molar-refractivity contribution < 1.29 is 0 Å². The Morgan fingerprint density at radius 2 is 0.967 bits per heavy atom. The fourth-order valence-corrected chi connectivity index (χ4v) is 10.4. The van der Waals surface area contributed by atoms with E-state index < -0.39 is 0 Å². The van der Waals surface area contributed by atoms with Gasteiger partial charge in [-0.1, -0.05) is 129 Å². The van der Waals surface area contributed by atoms with Crippen LogP contribution in [0.2, 0.25) is 0 Å². The van der Waals surface area contributed by atoms with Crippen LogP contribution in [0.5, 0.6) is 0 Å². The average molecular weight is 791 g/mol. The Morgan fingerprint density at radius 1 is 0.410 bits per heavy atom. The van der Waals surface area contributed by atoms with Gasteiger partial charge in [0.15, 0.2) is 0 Å². The second kappa shape index (κ2) is 12.0. The summed E-state index contributed by atoms with van der Waals surface area (Å²) in [6.45, 7) is 21.0. The summed E-state index contributed by atoms with van der Waals surface area (Å²) in [6, 6.07) is 50.1. The lowest BCUT2D eigenvalue weighted by Gasteiger charge is -2.29. The Labute approximate surface area is 356 Å². The zero-order valence-corrected chi connectivity index (χ0v) is 36.6. The molecule has 4 nitrogen and oxygen atoms in total. The van der Waals surface area contributed by atoms with Crippen LogP contribution in [0, 0.1) is 0 Å². The maximum atomic E-state index is 5.62. The van der Waals surface area contributed by atoms with Gasteiger partial charge in [0.2, 0.25) is 0 Å². The molecule has 298 valence electrons. The van der Waals surface area contributed by atoms with Crippen molar-refractivity contribution in [3.63, 3.8) is 0 Å². The summed E-state index contributed by atoms with van der Waals surface area (Å²) in [4.78, 5) is 8.07. The molecule has 0 saturated carbocycles. The highest BCUT2D eigenvalue weighted by atomic mass is 15.2. The van der Waals surface area contributed by atoms with Gasteiger partial charge in [-0.25, -0.2) is 4.98 Å². The van der Waals surface area contributed by atoms with E-state index in [9.17, 15) is 0 Å². The fraction of sp³-hybridized carbons (Fsp3) is 0.211. The number of anilines is 3. The molecule has 0 unspecified atom stereocenters. The first-order valence-electron chi connectivity index (χ1n) is 21.8. The highest BCUT2D eigenvalue weighted by molar-refractivity contribution is 6.39. The minimum atomic E-state index is -0.0917. The van der Waals surface area contributed by atoms with Crippen molar-refractivity contribution in [1.82, 2.24) is 13.8 Å². The minimum absolute atomic E-state index is 0.0372. The zero-order chi connectivity index (χ0) is 41.9. The largest absolute Gasteiger partial charge is 0.308 e. The fourth-order valence-electron chi connectivity index (χ4n) is 10.4. The predicted octanol–water partition coefficient (Wildman–Crippen LogP) is 15.9. The maximum absolute atomic E-state index is 5.62. The summed E-state index contributed by atoms with van der Waals surface area (Å²) in [7, 11) is 0. The van der Waals surface area contributed by atoms with Gasteiger partial charge >= 0.3 is 0 Å². The highest BCUT2D eigenvalue weighted by Crippen LogP contribution is 2.52. The Balaban J connectivity index is 1.34. The van der Waals surface area contributed by atoms with Crippen molar-refractivity contribution in [2.75, 3.05) is 4.90 Å². The number of hydrogen-bond donors (Lipinski definition) is 0. The quantitative estimate of drug-likeness (QED) is 0.178. The third-order valence-corrected chi connectivity index (χ3v) is 13.6. The molecule has 0 aliphatic carbocycles. The molecule has 0 aliphatic rings. The molecule has 5 aromatic heterocycles. The second-order valence-electron chi connectivity index (χ2n) is 20.6. The van der Waals surface area contributed by atoms with Crippen LogP contribution in [-0.4, -0.2) is 13.8 Å². The van der Waals surface area contributed by atoms with Gasteiger partial charge < -0.3 is 9.30 Å². The lowest BCUT2D eigenvalue weighted by Crippen LogP contribution is -2.15. The smallest absolute Gasteiger partial charge is 0.146 e. The molecule has 5 heterocycles. The van der Waals surface area contributed by atoms with E-state index in [1.807, 2.05) is 0 Å². The van der Waals surface area contributed by atoms with Gasteiger partial charge in [0.05, 0.1) is 39.5 Å². The van der Waals surface area contributed by atoms with Gasteiger partial charge in [0, 0.05) is 54.5 Å². The van der Waals surface area contributed by atoms with E-state index in [-0.39, 0.29) is 16.2 Å². The molecule has 61 heavy (non-hydrogen) atoms. The molecule has 0 bridgehead atoms. The monoisotopic (exact) mass is 790 g/mol. The summed E-state index contributed by atoms with van der Waals surface area (Å²) < 4.78 is 5.04. The predicted molar refractivity (Wildman–Crippen MR) is 262 cm³/mol. The molecule has 0 aliphatic heterocycles. The van der Waals surface area contributed by atoms with Crippen LogP contribution in [0.25, 0.3) is 87.1 Å². The van der Waals surface area contributed by atoms with Crippen molar-refractivity contribution in [3.05, 3.63) is 156 Å². The molecule has 4 heteroatoms. The third-order valence-electron chi connectivity index (χ3n) is 13.6. The van der Waals surface area contributed by atoms with Crippen LogP contribution in [0.1, 0.15) is 79.0 Å². The van der Waals surface area contributed by atoms with Crippen molar-refractivity contribution in [2.24, 2.45) is 0 Å². The van der Waals surface area contributed by atoms with Gasteiger partial charge in [-0.2, -0.15) is 0 Å². The average Bonchev–Trinajstić information content (AvgIpc) is 3.96. The number of pyridine rings is 1. The molecule has 0 N–H and O–H groups in total. The zero-order valence-electron chi connectivity index (χ0n) is 36.6. The van der Waals surface area contributed by atoms with E-state index in [0.717, 1.165) is 28.2 Å². The van der Waals surface area contributed by atoms with Crippen molar-refractivity contribution in [2.45, 2.75) is 78.6 Å². The molecule has 7 aromatic carbocycles. The van der Waals surface area contributed by atoms with Crippen molar-refractivity contribution in [3.8, 4) is 0 Å². The van der Waals surface area contributed by atoms with E-state index in [1.54, 1.807) is 0 Å². The Hall–Kier alpha value is -6.65. The highest BCUT2D eigenvalue weighted by Gasteiger charge is 2.31. The molecule has 0 fully saturated rings. The van der Waals surface area contributed by atoms with Gasteiger partial charge in [-0.05, 0) is 110 Å². The van der Waals surface area contributed by atoms with Gasteiger partial charge in [-0.3, -0.25) is 4.40 Å². The molecule has 12 aromatic rings. The number of rotatable bonds is 3.